The summed E-state index contributed by atoms with van der Waals surface area (Å²) < 4.78 is 0. The Balaban J connectivity index is 2.72. The number of nitrogens with zero attached hydrogens (tertiary/aromatic N) is 2. The van der Waals surface area contributed by atoms with E-state index in [2.05, 4.69) is 44.7 Å². The van der Waals surface area contributed by atoms with Gasteiger partial charge in [0.05, 0.1) is 0 Å². The van der Waals surface area contributed by atoms with Crippen LogP contribution >= 0.6 is 0 Å². The van der Waals surface area contributed by atoms with Gasteiger partial charge in [-0.3, -0.25) is 4.90 Å². The molecule has 1 rings (SSSR count). The van der Waals surface area contributed by atoms with Crippen LogP contribution in [0.5, 0.6) is 0 Å². The van der Waals surface area contributed by atoms with Gasteiger partial charge in [0.1, 0.15) is 0 Å². The Morgan fingerprint density at radius 2 is 1.88 bits per heavy atom. The van der Waals surface area contributed by atoms with Gasteiger partial charge < -0.3 is 10.6 Å². The third kappa shape index (κ3) is 4.23. The van der Waals surface area contributed by atoms with Crippen LogP contribution < -0.4 is 5.73 Å². The van der Waals surface area contributed by atoms with Crippen LogP contribution in [0.1, 0.15) is 40.0 Å². The van der Waals surface area contributed by atoms with Gasteiger partial charge in [0.25, 0.3) is 0 Å². The fraction of sp³-hybridized carbons (Fsp3) is 1.00. The summed E-state index contributed by atoms with van der Waals surface area (Å²) in [5, 5.41) is 0. The van der Waals surface area contributed by atoms with Crippen LogP contribution in [-0.4, -0.2) is 55.6 Å². The minimum Gasteiger partial charge on any atom is -0.329 e. The maximum Gasteiger partial charge on any atom is 0.0341 e. The van der Waals surface area contributed by atoms with Crippen molar-refractivity contribution in [3.8, 4) is 0 Å². The van der Waals surface area contributed by atoms with Crippen molar-refractivity contribution >= 4 is 0 Å². The molecule has 0 aliphatic carbocycles. The molecule has 1 atom stereocenters. The van der Waals surface area contributed by atoms with Gasteiger partial charge in [0.2, 0.25) is 0 Å². The van der Waals surface area contributed by atoms with E-state index >= 15 is 0 Å². The highest BCUT2D eigenvalue weighted by Gasteiger charge is 2.35. The zero-order valence-electron chi connectivity index (χ0n) is 12.4. The molecule has 1 aliphatic rings. The van der Waals surface area contributed by atoms with Gasteiger partial charge >= 0.3 is 0 Å². The molecule has 0 amide bonds. The molecule has 0 aromatic rings. The molecule has 2 N–H and O–H groups in total. The molecule has 0 radical (unpaired) electrons. The summed E-state index contributed by atoms with van der Waals surface area (Å²) >= 11 is 0. The van der Waals surface area contributed by atoms with Crippen LogP contribution in [0.2, 0.25) is 0 Å². The summed E-state index contributed by atoms with van der Waals surface area (Å²) in [6.07, 6.45) is 3.70. The first-order chi connectivity index (χ1) is 7.79. The van der Waals surface area contributed by atoms with E-state index in [0.29, 0.717) is 5.41 Å². The Hall–Kier alpha value is -0.120. The van der Waals surface area contributed by atoms with E-state index in [1.54, 1.807) is 0 Å². The summed E-state index contributed by atoms with van der Waals surface area (Å²) in [4.78, 5) is 4.95. The molecule has 0 saturated carbocycles. The first-order valence-corrected chi connectivity index (χ1v) is 6.89. The van der Waals surface area contributed by atoms with Crippen molar-refractivity contribution in [2.45, 2.75) is 45.6 Å². The molecular formula is C14H31N3. The monoisotopic (exact) mass is 241 g/mol. The molecule has 102 valence electrons. The van der Waals surface area contributed by atoms with Gasteiger partial charge in [-0.15, -0.1) is 0 Å². The van der Waals surface area contributed by atoms with Crippen molar-refractivity contribution < 1.29 is 0 Å². The quantitative estimate of drug-likeness (QED) is 0.817. The molecule has 0 bridgehead atoms. The van der Waals surface area contributed by atoms with E-state index < -0.39 is 0 Å². The first kappa shape index (κ1) is 14.9. The van der Waals surface area contributed by atoms with Crippen molar-refractivity contribution in [1.82, 2.24) is 9.80 Å². The van der Waals surface area contributed by atoms with Crippen molar-refractivity contribution in [2.24, 2.45) is 11.1 Å². The summed E-state index contributed by atoms with van der Waals surface area (Å²) in [5.74, 6) is 0. The molecule has 1 unspecified atom stereocenters. The van der Waals surface area contributed by atoms with Crippen LogP contribution in [0.25, 0.3) is 0 Å². The lowest BCUT2D eigenvalue weighted by molar-refractivity contribution is 0.0729. The van der Waals surface area contributed by atoms with E-state index in [4.69, 9.17) is 5.73 Å². The van der Waals surface area contributed by atoms with Crippen molar-refractivity contribution in [3.05, 3.63) is 0 Å². The molecule has 1 saturated heterocycles. The minimum atomic E-state index is 0.220. The normalized spacial score (nSPS) is 28.4. The second-order valence-corrected chi connectivity index (χ2v) is 7.00. The van der Waals surface area contributed by atoms with Crippen LogP contribution in [0.3, 0.4) is 0 Å². The highest BCUT2D eigenvalue weighted by atomic mass is 15.2. The Morgan fingerprint density at radius 1 is 1.24 bits per heavy atom. The van der Waals surface area contributed by atoms with Crippen molar-refractivity contribution in [1.29, 1.82) is 0 Å². The van der Waals surface area contributed by atoms with E-state index in [9.17, 15) is 0 Å². The number of likely N-dealkylation sites (N-methyl/N-ethyl adjacent to an activating group) is 1. The maximum absolute atomic E-state index is 6.11. The van der Waals surface area contributed by atoms with E-state index in [0.717, 1.165) is 13.1 Å². The first-order valence-electron chi connectivity index (χ1n) is 6.89. The number of hydrogen-bond donors (Lipinski definition) is 1. The predicted octanol–water partition coefficient (Wildman–Crippen LogP) is 1.78. The number of hydrogen-bond acceptors (Lipinski definition) is 3. The average molecular weight is 241 g/mol. The van der Waals surface area contributed by atoms with Crippen LogP contribution in [0, 0.1) is 5.41 Å². The SMILES string of the molecule is CN1CCCC(CN)(N(C)CC(C)(C)C)CC1. The second-order valence-electron chi connectivity index (χ2n) is 7.00. The lowest BCUT2D eigenvalue weighted by Gasteiger charge is -2.43. The Labute approximate surface area is 107 Å². The molecule has 1 fully saturated rings. The molecule has 3 nitrogen and oxygen atoms in total. The van der Waals surface area contributed by atoms with Crippen LogP contribution in [0.15, 0.2) is 0 Å². The van der Waals surface area contributed by atoms with Gasteiger partial charge in [0.15, 0.2) is 0 Å². The van der Waals surface area contributed by atoms with Gasteiger partial charge in [-0.05, 0) is 51.9 Å². The zero-order chi connectivity index (χ0) is 13.1. The molecule has 3 heteroatoms. The minimum absolute atomic E-state index is 0.220. The van der Waals surface area contributed by atoms with Crippen molar-refractivity contribution in [3.63, 3.8) is 0 Å². The highest BCUT2D eigenvalue weighted by molar-refractivity contribution is 4.94. The van der Waals surface area contributed by atoms with Crippen LogP contribution in [0.4, 0.5) is 0 Å². The third-order valence-corrected chi connectivity index (χ3v) is 4.04. The van der Waals surface area contributed by atoms with Gasteiger partial charge in [-0.2, -0.15) is 0 Å². The summed E-state index contributed by atoms with van der Waals surface area (Å²) in [6, 6.07) is 0. The summed E-state index contributed by atoms with van der Waals surface area (Å²) in [7, 11) is 4.47. The summed E-state index contributed by atoms with van der Waals surface area (Å²) in [6.45, 7) is 11.2. The number of rotatable bonds is 3. The fourth-order valence-electron chi connectivity index (χ4n) is 2.93. The van der Waals surface area contributed by atoms with Crippen LogP contribution in [-0.2, 0) is 0 Å². The number of nitrogens with two attached hydrogens (primary N) is 1. The smallest absolute Gasteiger partial charge is 0.0341 e. The highest BCUT2D eigenvalue weighted by Crippen LogP contribution is 2.29. The second kappa shape index (κ2) is 5.68. The fourth-order valence-corrected chi connectivity index (χ4v) is 2.93. The molecule has 0 aromatic carbocycles. The lowest BCUT2D eigenvalue weighted by Crippen LogP contribution is -2.54. The molecule has 0 aromatic heterocycles. The largest absolute Gasteiger partial charge is 0.329 e. The Morgan fingerprint density at radius 3 is 2.41 bits per heavy atom. The molecular weight excluding hydrogens is 210 g/mol. The number of likely N-dealkylation sites (tertiary alicyclic amines) is 1. The molecule has 17 heavy (non-hydrogen) atoms. The molecule has 1 heterocycles. The lowest BCUT2D eigenvalue weighted by atomic mass is 9.86. The Kier molecular flexibility index (Phi) is 4.99. The predicted molar refractivity (Wildman–Crippen MR) is 75.2 cm³/mol. The summed E-state index contributed by atoms with van der Waals surface area (Å²) in [5.41, 5.74) is 6.68. The van der Waals surface area contributed by atoms with Crippen molar-refractivity contribution in [2.75, 3.05) is 40.3 Å². The average Bonchev–Trinajstić information content (AvgIpc) is 2.38. The van der Waals surface area contributed by atoms with E-state index in [1.165, 1.54) is 32.4 Å². The molecule has 1 aliphatic heterocycles. The molecule has 0 spiro atoms. The van der Waals surface area contributed by atoms with E-state index in [1.807, 2.05) is 0 Å². The van der Waals surface area contributed by atoms with Gasteiger partial charge in [0, 0.05) is 18.6 Å². The topological polar surface area (TPSA) is 32.5 Å². The van der Waals surface area contributed by atoms with Gasteiger partial charge in [-0.1, -0.05) is 20.8 Å². The standard InChI is InChI=1S/C14H31N3/c1-13(2,3)12-17(5)14(11-15)7-6-9-16(4)10-8-14/h6-12,15H2,1-5H3. The van der Waals surface area contributed by atoms with E-state index in [-0.39, 0.29) is 5.54 Å². The maximum atomic E-state index is 6.11. The Bertz CT molecular complexity index is 234. The zero-order valence-corrected chi connectivity index (χ0v) is 12.4. The van der Waals surface area contributed by atoms with Gasteiger partial charge in [-0.25, -0.2) is 0 Å². The third-order valence-electron chi connectivity index (χ3n) is 4.04.